The van der Waals surface area contributed by atoms with Crippen molar-refractivity contribution in [2.45, 2.75) is 37.5 Å². The first-order valence-corrected chi connectivity index (χ1v) is 10.3. The molecule has 1 aromatic heterocycles. The lowest BCUT2D eigenvalue weighted by Crippen LogP contribution is -2.57. The molecular formula is C21H25N5O5. The van der Waals surface area contributed by atoms with Gasteiger partial charge in [-0.25, -0.2) is 4.79 Å². The molecule has 1 amide bonds. The number of H-pyrrole nitrogens is 2. The molecule has 164 valence electrons. The number of likely N-dealkylation sites (tertiary alicyclic amines) is 1. The molecule has 2 aliphatic heterocycles. The predicted octanol–water partition coefficient (Wildman–Crippen LogP) is -0.0621. The van der Waals surface area contributed by atoms with Crippen molar-refractivity contribution in [2.75, 3.05) is 26.2 Å². The van der Waals surface area contributed by atoms with Gasteiger partial charge in [-0.2, -0.15) is 5.26 Å². The molecule has 31 heavy (non-hydrogen) atoms. The van der Waals surface area contributed by atoms with E-state index in [9.17, 15) is 19.8 Å². The fraction of sp³-hybridized carbons (Fsp3) is 0.476. The summed E-state index contributed by atoms with van der Waals surface area (Å²) in [6.45, 7) is 1.70. The smallest absolute Gasteiger partial charge is 0.325 e. The Morgan fingerprint density at radius 3 is 2.48 bits per heavy atom. The van der Waals surface area contributed by atoms with Gasteiger partial charge in [-0.05, 0) is 37.1 Å². The van der Waals surface area contributed by atoms with Gasteiger partial charge in [-0.15, -0.1) is 0 Å². The summed E-state index contributed by atoms with van der Waals surface area (Å²) < 4.78 is 5.63. The van der Waals surface area contributed by atoms with E-state index < -0.39 is 11.8 Å². The maximum atomic E-state index is 12.7. The summed E-state index contributed by atoms with van der Waals surface area (Å²) in [4.78, 5) is 32.6. The number of carbonyl (C=O) groups excluding carboxylic acids is 1. The van der Waals surface area contributed by atoms with Crippen LogP contribution in [0, 0.1) is 11.3 Å². The van der Waals surface area contributed by atoms with Gasteiger partial charge in [0, 0.05) is 31.7 Å². The van der Waals surface area contributed by atoms with Crippen LogP contribution in [0.15, 0.2) is 29.1 Å². The monoisotopic (exact) mass is 427 g/mol. The van der Waals surface area contributed by atoms with Gasteiger partial charge in [-0.1, -0.05) is 0 Å². The van der Waals surface area contributed by atoms with Crippen molar-refractivity contribution in [3.05, 3.63) is 46.0 Å². The molecule has 0 aliphatic carbocycles. The van der Waals surface area contributed by atoms with E-state index in [-0.39, 0.29) is 42.6 Å². The molecular weight excluding hydrogens is 402 g/mol. The molecule has 4 rings (SSSR count). The Labute approximate surface area is 178 Å². The van der Waals surface area contributed by atoms with E-state index in [4.69, 9.17) is 10.00 Å². The highest BCUT2D eigenvalue weighted by atomic mass is 16.5. The number of nitriles is 1. The second-order valence-corrected chi connectivity index (χ2v) is 8.06. The van der Waals surface area contributed by atoms with Gasteiger partial charge in [0.1, 0.15) is 18.5 Å². The lowest BCUT2D eigenvalue weighted by Gasteiger charge is -2.41. The summed E-state index contributed by atoms with van der Waals surface area (Å²) in [5.41, 5.74) is 0.206. The maximum Gasteiger partial charge on any atom is 0.325 e. The molecule has 1 aromatic carbocycles. The zero-order valence-corrected chi connectivity index (χ0v) is 17.0. The quantitative estimate of drug-likeness (QED) is 0.484. The van der Waals surface area contributed by atoms with Gasteiger partial charge in [-0.3, -0.25) is 14.7 Å². The van der Waals surface area contributed by atoms with Crippen molar-refractivity contribution in [3.63, 3.8) is 0 Å². The molecule has 3 heterocycles. The van der Waals surface area contributed by atoms with E-state index in [2.05, 4.69) is 14.9 Å². The van der Waals surface area contributed by atoms with Crippen LogP contribution >= 0.6 is 0 Å². The second kappa shape index (κ2) is 8.83. The Kier molecular flexibility index (Phi) is 5.97. The summed E-state index contributed by atoms with van der Waals surface area (Å²) in [5.74, 6) is 0.152. The minimum atomic E-state index is -0.678. The number of aromatic amines is 2. The van der Waals surface area contributed by atoms with Gasteiger partial charge >= 0.3 is 5.69 Å². The highest BCUT2D eigenvalue weighted by molar-refractivity contribution is 5.79. The number of ether oxygens (including phenoxy) is 1. The van der Waals surface area contributed by atoms with Crippen molar-refractivity contribution < 1.29 is 19.7 Å². The molecule has 0 spiro atoms. The number of benzene rings is 1. The van der Waals surface area contributed by atoms with Gasteiger partial charge in [0.15, 0.2) is 0 Å². The third-order valence-corrected chi connectivity index (χ3v) is 5.94. The van der Waals surface area contributed by atoms with Crippen LogP contribution in [0.4, 0.5) is 0 Å². The number of aliphatic hydroxyl groups is 1. The van der Waals surface area contributed by atoms with E-state index in [1.165, 1.54) is 0 Å². The Hall–Kier alpha value is -3.29. The molecule has 0 radical (unpaired) electrons. The first kappa shape index (κ1) is 21.0. The van der Waals surface area contributed by atoms with Crippen molar-refractivity contribution in [1.82, 2.24) is 19.8 Å². The molecule has 10 heteroatoms. The lowest BCUT2D eigenvalue weighted by molar-refractivity contribution is -0.134. The summed E-state index contributed by atoms with van der Waals surface area (Å²) in [7, 11) is 0. The van der Waals surface area contributed by atoms with Crippen molar-refractivity contribution in [2.24, 2.45) is 0 Å². The number of rotatable bonds is 7. The number of nitrogens with zero attached hydrogens (tertiary/aromatic N) is 3. The van der Waals surface area contributed by atoms with Gasteiger partial charge in [0.25, 0.3) is 0 Å². The standard InChI is InChI=1S/C21H25N5O5/c22-8-13-1-5-17(6-2-13)31-12-16(27)11-26-14-3-4-15(26)10-25(9-14)19(28)7-18-20(29)24-21(30)23-18/h1-2,5-6,14-16,27,29H,3-4,7,9-12H2,(H2,23,24,30). The van der Waals surface area contributed by atoms with Crippen LogP contribution in [0.25, 0.3) is 0 Å². The first-order chi connectivity index (χ1) is 14.9. The van der Waals surface area contributed by atoms with Crippen molar-refractivity contribution in [1.29, 1.82) is 5.26 Å². The average Bonchev–Trinajstić information content (AvgIpc) is 3.18. The van der Waals surface area contributed by atoms with E-state index in [1.807, 2.05) is 6.07 Å². The van der Waals surface area contributed by atoms with Crippen LogP contribution in [0.3, 0.4) is 0 Å². The molecule has 2 bridgehead atoms. The summed E-state index contributed by atoms with van der Waals surface area (Å²) in [5, 5.41) is 29.0. The molecule has 0 saturated carbocycles. The Bertz CT molecular complexity index is 1010. The summed E-state index contributed by atoms with van der Waals surface area (Å²) in [6, 6.07) is 9.11. The zero-order chi connectivity index (χ0) is 22.0. The Morgan fingerprint density at radius 2 is 1.90 bits per heavy atom. The van der Waals surface area contributed by atoms with Gasteiger partial charge in [0.2, 0.25) is 11.8 Å². The van der Waals surface area contributed by atoms with Crippen LogP contribution in [-0.4, -0.2) is 80.3 Å². The van der Waals surface area contributed by atoms with Crippen LogP contribution < -0.4 is 10.4 Å². The number of amides is 1. The van der Waals surface area contributed by atoms with Crippen LogP contribution in [-0.2, 0) is 11.2 Å². The lowest BCUT2D eigenvalue weighted by atomic mass is 10.1. The number of aliphatic hydroxyl groups excluding tert-OH is 1. The Morgan fingerprint density at radius 1 is 1.23 bits per heavy atom. The number of aromatic nitrogens is 2. The summed E-state index contributed by atoms with van der Waals surface area (Å²) in [6.07, 6.45) is 1.15. The van der Waals surface area contributed by atoms with Gasteiger partial charge in [0.05, 0.1) is 23.7 Å². The third kappa shape index (κ3) is 4.73. The number of hydrogen-bond acceptors (Lipinski definition) is 7. The third-order valence-electron chi connectivity index (χ3n) is 5.94. The van der Waals surface area contributed by atoms with E-state index >= 15 is 0 Å². The molecule has 2 aromatic rings. The second-order valence-electron chi connectivity index (χ2n) is 8.06. The topological polar surface area (TPSA) is 146 Å². The molecule has 3 atom stereocenters. The SMILES string of the molecule is N#Cc1ccc(OCC(O)CN2C3CCC2CN(C(=O)Cc2[nH]c(=O)[nH]c2O)C3)cc1. The average molecular weight is 427 g/mol. The molecule has 2 aliphatic rings. The number of carbonyl (C=O) groups is 1. The van der Waals surface area contributed by atoms with Crippen molar-refractivity contribution >= 4 is 5.91 Å². The fourth-order valence-corrected chi connectivity index (χ4v) is 4.41. The van der Waals surface area contributed by atoms with Crippen LogP contribution in [0.5, 0.6) is 11.6 Å². The predicted molar refractivity (Wildman–Crippen MR) is 110 cm³/mol. The molecule has 4 N–H and O–H groups in total. The number of fused-ring (bicyclic) bond motifs is 2. The first-order valence-electron chi connectivity index (χ1n) is 10.3. The van der Waals surface area contributed by atoms with Gasteiger partial charge < -0.3 is 24.8 Å². The molecule has 10 nitrogen and oxygen atoms in total. The molecule has 2 saturated heterocycles. The fourth-order valence-electron chi connectivity index (χ4n) is 4.41. The highest BCUT2D eigenvalue weighted by Crippen LogP contribution is 2.30. The zero-order valence-electron chi connectivity index (χ0n) is 17.0. The van der Waals surface area contributed by atoms with E-state index in [0.717, 1.165) is 12.8 Å². The molecule has 2 fully saturated rings. The van der Waals surface area contributed by atoms with Crippen molar-refractivity contribution in [3.8, 4) is 17.7 Å². The summed E-state index contributed by atoms with van der Waals surface area (Å²) >= 11 is 0. The minimum absolute atomic E-state index is 0.0644. The number of imidazole rings is 1. The maximum absolute atomic E-state index is 12.7. The van der Waals surface area contributed by atoms with Crippen LogP contribution in [0.1, 0.15) is 24.1 Å². The number of piperazine rings is 1. The largest absolute Gasteiger partial charge is 0.493 e. The van der Waals surface area contributed by atoms with E-state index in [0.29, 0.717) is 30.9 Å². The number of aromatic hydroxyl groups is 1. The highest BCUT2D eigenvalue weighted by Gasteiger charge is 2.41. The molecule has 3 unspecified atom stereocenters. The van der Waals surface area contributed by atoms with Crippen LogP contribution in [0.2, 0.25) is 0 Å². The van der Waals surface area contributed by atoms with E-state index in [1.54, 1.807) is 29.2 Å². The normalized spacial score (nSPS) is 21.6. The minimum Gasteiger partial charge on any atom is -0.493 e. The number of nitrogens with one attached hydrogen (secondary N) is 2. The Balaban J connectivity index is 1.28. The number of hydrogen-bond donors (Lipinski definition) is 4.